The van der Waals surface area contributed by atoms with Crippen molar-refractivity contribution in [3.05, 3.63) is 65.2 Å². The Morgan fingerprint density at radius 2 is 1.66 bits per heavy atom. The van der Waals surface area contributed by atoms with Crippen molar-refractivity contribution >= 4 is 17.4 Å². The lowest BCUT2D eigenvalue weighted by Crippen LogP contribution is -2.33. The third kappa shape index (κ3) is 4.92. The Kier molecular flexibility index (Phi) is 7.86. The SMILES string of the molecule is CCOc1ccc(C(O)=C2C(=O)C(=O)N(CCOCCO)C2c2ccc(OC)cc2)cc1. The zero-order valence-electron chi connectivity index (χ0n) is 18.1. The lowest BCUT2D eigenvalue weighted by atomic mass is 9.95. The highest BCUT2D eigenvalue weighted by atomic mass is 16.5. The van der Waals surface area contributed by atoms with Crippen LogP contribution in [0.25, 0.3) is 5.76 Å². The van der Waals surface area contributed by atoms with Crippen molar-refractivity contribution in [2.24, 2.45) is 0 Å². The van der Waals surface area contributed by atoms with Gasteiger partial charge in [0.2, 0.25) is 0 Å². The summed E-state index contributed by atoms with van der Waals surface area (Å²) in [4.78, 5) is 27.2. The molecule has 1 fully saturated rings. The molecule has 0 spiro atoms. The molecule has 1 amide bonds. The van der Waals surface area contributed by atoms with Crippen LogP contribution in [0.3, 0.4) is 0 Å². The maximum absolute atomic E-state index is 13.0. The zero-order chi connectivity index (χ0) is 23.1. The van der Waals surface area contributed by atoms with Gasteiger partial charge in [-0.25, -0.2) is 0 Å². The molecule has 1 aliphatic heterocycles. The lowest BCUT2D eigenvalue weighted by molar-refractivity contribution is -0.140. The number of aliphatic hydroxyl groups is 2. The minimum Gasteiger partial charge on any atom is -0.507 e. The summed E-state index contributed by atoms with van der Waals surface area (Å²) in [7, 11) is 1.55. The van der Waals surface area contributed by atoms with Gasteiger partial charge in [0, 0.05) is 12.1 Å². The third-order valence-corrected chi connectivity index (χ3v) is 5.12. The molecule has 0 aliphatic carbocycles. The van der Waals surface area contributed by atoms with Crippen LogP contribution in [0.2, 0.25) is 0 Å². The zero-order valence-corrected chi connectivity index (χ0v) is 18.1. The molecule has 2 aromatic rings. The standard InChI is InChI=1S/C24H27NO7/c1-3-32-19-10-6-17(7-11-19)22(27)20-21(16-4-8-18(30-2)9-5-16)25(24(29)23(20)28)12-14-31-15-13-26/h4-11,21,26-27H,3,12-15H2,1-2H3. The smallest absolute Gasteiger partial charge is 0.295 e. The van der Waals surface area contributed by atoms with E-state index in [1.165, 1.54) is 4.90 Å². The van der Waals surface area contributed by atoms with Crippen LogP contribution in [0, 0.1) is 0 Å². The molecule has 0 radical (unpaired) electrons. The molecule has 0 aromatic heterocycles. The van der Waals surface area contributed by atoms with Crippen LogP contribution in [0.1, 0.15) is 24.1 Å². The van der Waals surface area contributed by atoms with Gasteiger partial charge < -0.3 is 29.3 Å². The summed E-state index contributed by atoms with van der Waals surface area (Å²) in [6, 6.07) is 12.9. The predicted octanol–water partition coefficient (Wildman–Crippen LogP) is 2.52. The summed E-state index contributed by atoms with van der Waals surface area (Å²) in [6.45, 7) is 2.63. The van der Waals surface area contributed by atoms with Gasteiger partial charge in [-0.2, -0.15) is 0 Å². The van der Waals surface area contributed by atoms with Gasteiger partial charge in [0.15, 0.2) is 0 Å². The van der Waals surface area contributed by atoms with E-state index in [4.69, 9.17) is 19.3 Å². The molecule has 32 heavy (non-hydrogen) atoms. The maximum atomic E-state index is 13.0. The number of benzene rings is 2. The van der Waals surface area contributed by atoms with E-state index in [0.717, 1.165) is 0 Å². The molecule has 1 atom stereocenters. The number of rotatable bonds is 10. The first-order valence-corrected chi connectivity index (χ1v) is 10.4. The number of hydrogen-bond donors (Lipinski definition) is 2. The van der Waals surface area contributed by atoms with Gasteiger partial charge in [-0.05, 0) is 48.9 Å². The normalized spacial score (nSPS) is 17.6. The average Bonchev–Trinajstić information content (AvgIpc) is 3.07. The number of carbonyl (C=O) groups is 2. The molecule has 2 aromatic carbocycles. The third-order valence-electron chi connectivity index (χ3n) is 5.12. The quantitative estimate of drug-likeness (QED) is 0.253. The molecule has 170 valence electrons. The molecule has 0 saturated carbocycles. The number of hydrogen-bond acceptors (Lipinski definition) is 7. The Hall–Kier alpha value is -3.36. The van der Waals surface area contributed by atoms with Gasteiger partial charge >= 0.3 is 0 Å². The van der Waals surface area contributed by atoms with E-state index in [1.54, 1.807) is 55.6 Å². The van der Waals surface area contributed by atoms with Crippen molar-refractivity contribution in [2.45, 2.75) is 13.0 Å². The number of likely N-dealkylation sites (tertiary alicyclic amines) is 1. The summed E-state index contributed by atoms with van der Waals surface area (Å²) in [6.07, 6.45) is 0. The highest BCUT2D eigenvalue weighted by molar-refractivity contribution is 6.46. The average molecular weight is 441 g/mol. The van der Waals surface area contributed by atoms with Gasteiger partial charge in [-0.15, -0.1) is 0 Å². The van der Waals surface area contributed by atoms with E-state index in [9.17, 15) is 14.7 Å². The molecule has 1 heterocycles. The second kappa shape index (κ2) is 10.8. The summed E-state index contributed by atoms with van der Waals surface area (Å²) in [5, 5.41) is 19.9. The molecule has 1 aliphatic rings. The molecular weight excluding hydrogens is 414 g/mol. The Bertz CT molecular complexity index is 967. The summed E-state index contributed by atoms with van der Waals surface area (Å²) in [5.74, 6) is -0.475. The van der Waals surface area contributed by atoms with E-state index in [0.29, 0.717) is 29.2 Å². The molecule has 8 nitrogen and oxygen atoms in total. The monoisotopic (exact) mass is 441 g/mol. The molecule has 1 unspecified atom stereocenters. The number of carbonyl (C=O) groups excluding carboxylic acids is 2. The van der Waals surface area contributed by atoms with Crippen LogP contribution in [-0.2, 0) is 14.3 Å². The van der Waals surface area contributed by atoms with E-state index in [1.807, 2.05) is 6.92 Å². The maximum Gasteiger partial charge on any atom is 0.295 e. The number of methoxy groups -OCH3 is 1. The van der Waals surface area contributed by atoms with Crippen molar-refractivity contribution in [3.8, 4) is 11.5 Å². The Balaban J connectivity index is 2.02. The Morgan fingerprint density at radius 3 is 2.25 bits per heavy atom. The summed E-state index contributed by atoms with van der Waals surface area (Å²) >= 11 is 0. The topological polar surface area (TPSA) is 106 Å². The fourth-order valence-corrected chi connectivity index (χ4v) is 3.60. The molecule has 2 N–H and O–H groups in total. The van der Waals surface area contributed by atoms with Crippen molar-refractivity contribution in [1.82, 2.24) is 4.90 Å². The van der Waals surface area contributed by atoms with Crippen LogP contribution in [0.15, 0.2) is 54.1 Å². The fourth-order valence-electron chi connectivity index (χ4n) is 3.60. The van der Waals surface area contributed by atoms with Gasteiger partial charge in [-0.3, -0.25) is 9.59 Å². The number of ketones is 1. The number of Topliss-reactive ketones (excluding diaryl/α,β-unsaturated/α-hetero) is 1. The van der Waals surface area contributed by atoms with Crippen LogP contribution in [0.5, 0.6) is 11.5 Å². The molecule has 8 heteroatoms. The summed E-state index contributed by atoms with van der Waals surface area (Å²) < 4.78 is 15.9. The number of aliphatic hydroxyl groups excluding tert-OH is 2. The van der Waals surface area contributed by atoms with Crippen molar-refractivity contribution in [2.75, 3.05) is 40.1 Å². The van der Waals surface area contributed by atoms with Gasteiger partial charge in [0.25, 0.3) is 11.7 Å². The van der Waals surface area contributed by atoms with Crippen molar-refractivity contribution < 1.29 is 34.0 Å². The van der Waals surface area contributed by atoms with E-state index in [2.05, 4.69) is 0 Å². The Labute approximate surface area is 186 Å². The van der Waals surface area contributed by atoms with Gasteiger partial charge in [0.05, 0.1) is 45.2 Å². The van der Waals surface area contributed by atoms with Crippen LogP contribution >= 0.6 is 0 Å². The fraction of sp³-hybridized carbons (Fsp3) is 0.333. The highest BCUT2D eigenvalue weighted by Gasteiger charge is 2.45. The lowest BCUT2D eigenvalue weighted by Gasteiger charge is -2.25. The largest absolute Gasteiger partial charge is 0.507 e. The van der Waals surface area contributed by atoms with E-state index >= 15 is 0 Å². The van der Waals surface area contributed by atoms with Crippen molar-refractivity contribution in [1.29, 1.82) is 0 Å². The first-order valence-electron chi connectivity index (χ1n) is 10.4. The van der Waals surface area contributed by atoms with Crippen LogP contribution < -0.4 is 9.47 Å². The summed E-state index contributed by atoms with van der Waals surface area (Å²) in [5.41, 5.74) is 1.06. The number of ether oxygens (including phenoxy) is 3. The highest BCUT2D eigenvalue weighted by Crippen LogP contribution is 2.39. The molecule has 3 rings (SSSR count). The van der Waals surface area contributed by atoms with E-state index in [-0.39, 0.29) is 37.7 Å². The Morgan fingerprint density at radius 1 is 1.00 bits per heavy atom. The van der Waals surface area contributed by atoms with Crippen molar-refractivity contribution in [3.63, 3.8) is 0 Å². The predicted molar refractivity (Wildman–Crippen MR) is 118 cm³/mol. The molecule has 0 bridgehead atoms. The van der Waals surface area contributed by atoms with Gasteiger partial charge in [0.1, 0.15) is 17.3 Å². The first-order chi connectivity index (χ1) is 15.5. The van der Waals surface area contributed by atoms with E-state index < -0.39 is 17.7 Å². The molecule has 1 saturated heterocycles. The van der Waals surface area contributed by atoms with Crippen LogP contribution in [-0.4, -0.2) is 66.9 Å². The van der Waals surface area contributed by atoms with Gasteiger partial charge in [-0.1, -0.05) is 12.1 Å². The number of amides is 1. The molecular formula is C24H27NO7. The second-order valence-corrected chi connectivity index (χ2v) is 7.06. The second-order valence-electron chi connectivity index (χ2n) is 7.06. The number of nitrogens with zero attached hydrogens (tertiary/aromatic N) is 1. The van der Waals surface area contributed by atoms with Crippen LogP contribution in [0.4, 0.5) is 0 Å². The minimum atomic E-state index is -0.787. The minimum absolute atomic E-state index is 0.00600. The first kappa shape index (κ1) is 23.3.